The predicted molar refractivity (Wildman–Crippen MR) is 91.7 cm³/mol. The van der Waals surface area contributed by atoms with E-state index in [0.29, 0.717) is 56.4 Å². The van der Waals surface area contributed by atoms with Crippen molar-refractivity contribution in [3.63, 3.8) is 0 Å². The molecule has 1 aliphatic heterocycles. The van der Waals surface area contributed by atoms with E-state index in [1.807, 2.05) is 12.1 Å². The van der Waals surface area contributed by atoms with Gasteiger partial charge in [-0.3, -0.25) is 9.59 Å². The number of carbonyl (C=O) groups is 2. The van der Waals surface area contributed by atoms with Crippen LogP contribution >= 0.6 is 11.6 Å². The van der Waals surface area contributed by atoms with E-state index in [4.69, 9.17) is 21.1 Å². The van der Waals surface area contributed by atoms with Gasteiger partial charge in [-0.1, -0.05) is 6.07 Å². The molecule has 0 saturated carbocycles. The Morgan fingerprint density at radius 1 is 1.00 bits per heavy atom. The lowest BCUT2D eigenvalue weighted by Gasteiger charge is -2.34. The highest BCUT2D eigenvalue weighted by molar-refractivity contribution is 6.18. The second-order valence-corrected chi connectivity index (χ2v) is 5.94. The topological polar surface area (TPSA) is 59.1 Å². The van der Waals surface area contributed by atoms with Crippen molar-refractivity contribution in [2.45, 2.75) is 12.8 Å². The number of hydrogen-bond acceptors (Lipinski definition) is 4. The lowest BCUT2D eigenvalue weighted by molar-refractivity contribution is -0.138. The molecular formula is C17H23ClN2O4. The molecule has 0 aliphatic carbocycles. The number of halogens is 1. The number of alkyl halides is 1. The number of nitrogens with zero attached hydrogens (tertiary/aromatic N) is 2. The van der Waals surface area contributed by atoms with Crippen molar-refractivity contribution in [1.29, 1.82) is 0 Å². The molecular weight excluding hydrogens is 332 g/mol. The monoisotopic (exact) mass is 354 g/mol. The van der Waals surface area contributed by atoms with Crippen LogP contribution in [0.3, 0.4) is 0 Å². The maximum atomic E-state index is 12.5. The summed E-state index contributed by atoms with van der Waals surface area (Å²) in [6, 6.07) is 5.47. The predicted octanol–water partition coefficient (Wildman–Crippen LogP) is 1.55. The maximum Gasteiger partial charge on any atom is 0.227 e. The molecule has 0 radical (unpaired) electrons. The summed E-state index contributed by atoms with van der Waals surface area (Å²) in [6.07, 6.45) is 0.650. The molecule has 1 saturated heterocycles. The second-order valence-electron chi connectivity index (χ2n) is 5.57. The molecule has 1 aromatic carbocycles. The van der Waals surface area contributed by atoms with Gasteiger partial charge in [0.1, 0.15) is 0 Å². The van der Waals surface area contributed by atoms with E-state index in [2.05, 4.69) is 0 Å². The summed E-state index contributed by atoms with van der Waals surface area (Å²) in [5.74, 6) is 1.68. The van der Waals surface area contributed by atoms with Crippen molar-refractivity contribution in [3.05, 3.63) is 23.8 Å². The van der Waals surface area contributed by atoms with Gasteiger partial charge in [0.25, 0.3) is 0 Å². The Morgan fingerprint density at radius 3 is 2.12 bits per heavy atom. The average Bonchev–Trinajstić information content (AvgIpc) is 2.61. The fraction of sp³-hybridized carbons (Fsp3) is 0.529. The van der Waals surface area contributed by atoms with Gasteiger partial charge < -0.3 is 19.3 Å². The van der Waals surface area contributed by atoms with E-state index < -0.39 is 0 Å². The highest BCUT2D eigenvalue weighted by Gasteiger charge is 2.23. The highest BCUT2D eigenvalue weighted by atomic mass is 35.5. The van der Waals surface area contributed by atoms with E-state index in [1.165, 1.54) is 0 Å². The Bertz CT molecular complexity index is 586. The van der Waals surface area contributed by atoms with Gasteiger partial charge in [-0.05, 0) is 17.7 Å². The molecule has 1 aliphatic rings. The van der Waals surface area contributed by atoms with Crippen molar-refractivity contribution in [3.8, 4) is 11.5 Å². The molecule has 1 heterocycles. The normalized spacial score (nSPS) is 14.5. The number of amides is 2. The summed E-state index contributed by atoms with van der Waals surface area (Å²) >= 11 is 5.60. The van der Waals surface area contributed by atoms with E-state index in [-0.39, 0.29) is 11.8 Å². The number of benzene rings is 1. The number of carbonyl (C=O) groups excluding carboxylic acids is 2. The lowest BCUT2D eigenvalue weighted by atomic mass is 10.1. The first-order chi connectivity index (χ1) is 11.6. The standard InChI is InChI=1S/C17H23ClN2O4/c1-23-14-4-3-13(11-15(14)24-2)12-17(22)20-9-7-19(8-10-20)16(21)5-6-18/h3-4,11H,5-10,12H2,1-2H3. The zero-order chi connectivity index (χ0) is 17.5. The van der Waals surface area contributed by atoms with E-state index in [1.54, 1.807) is 30.1 Å². The van der Waals surface area contributed by atoms with E-state index in [9.17, 15) is 9.59 Å². The van der Waals surface area contributed by atoms with Crippen LogP contribution < -0.4 is 9.47 Å². The number of hydrogen-bond donors (Lipinski definition) is 0. The van der Waals surface area contributed by atoms with Crippen LogP contribution in [0, 0.1) is 0 Å². The summed E-state index contributed by atoms with van der Waals surface area (Å²) in [5, 5.41) is 0. The first kappa shape index (κ1) is 18.4. The molecule has 2 rings (SSSR count). The average molecular weight is 355 g/mol. The Hall–Kier alpha value is -1.95. The van der Waals surface area contributed by atoms with Crippen LogP contribution in [0.25, 0.3) is 0 Å². The number of rotatable bonds is 6. The third-order valence-electron chi connectivity index (χ3n) is 4.10. The molecule has 0 spiro atoms. The Morgan fingerprint density at radius 2 is 1.58 bits per heavy atom. The van der Waals surface area contributed by atoms with Crippen LogP contribution in [0.5, 0.6) is 11.5 Å². The Labute approximate surface area is 147 Å². The van der Waals surface area contributed by atoms with Crippen molar-refractivity contribution < 1.29 is 19.1 Å². The quantitative estimate of drug-likeness (QED) is 0.727. The molecule has 1 aromatic rings. The molecule has 0 bridgehead atoms. The minimum atomic E-state index is 0.0478. The van der Waals surface area contributed by atoms with Crippen molar-refractivity contribution in [2.75, 3.05) is 46.3 Å². The molecule has 6 nitrogen and oxygen atoms in total. The molecule has 2 amide bonds. The summed E-state index contributed by atoms with van der Waals surface area (Å²) in [5.41, 5.74) is 0.873. The zero-order valence-corrected chi connectivity index (χ0v) is 14.8. The Kier molecular flexibility index (Phi) is 6.73. The summed E-state index contributed by atoms with van der Waals surface area (Å²) in [6.45, 7) is 2.24. The van der Waals surface area contributed by atoms with Gasteiger partial charge in [0.2, 0.25) is 11.8 Å². The minimum Gasteiger partial charge on any atom is -0.493 e. The SMILES string of the molecule is COc1ccc(CC(=O)N2CCN(C(=O)CCCl)CC2)cc1OC. The minimum absolute atomic E-state index is 0.0478. The van der Waals surface area contributed by atoms with Gasteiger partial charge in [0.15, 0.2) is 11.5 Å². The molecule has 1 fully saturated rings. The lowest BCUT2D eigenvalue weighted by Crippen LogP contribution is -2.51. The summed E-state index contributed by atoms with van der Waals surface area (Å²) in [4.78, 5) is 27.8. The smallest absolute Gasteiger partial charge is 0.227 e. The number of piperazine rings is 1. The first-order valence-corrected chi connectivity index (χ1v) is 8.45. The molecule has 7 heteroatoms. The second kappa shape index (κ2) is 8.78. The van der Waals surface area contributed by atoms with E-state index >= 15 is 0 Å². The summed E-state index contributed by atoms with van der Waals surface area (Å²) in [7, 11) is 3.15. The van der Waals surface area contributed by atoms with Crippen LogP contribution in [0.2, 0.25) is 0 Å². The van der Waals surface area contributed by atoms with Gasteiger partial charge >= 0.3 is 0 Å². The zero-order valence-electron chi connectivity index (χ0n) is 14.1. The van der Waals surface area contributed by atoms with Crippen LogP contribution in [0.15, 0.2) is 18.2 Å². The largest absolute Gasteiger partial charge is 0.493 e. The first-order valence-electron chi connectivity index (χ1n) is 7.91. The van der Waals surface area contributed by atoms with Gasteiger partial charge in [-0.25, -0.2) is 0 Å². The number of ether oxygens (including phenoxy) is 2. The van der Waals surface area contributed by atoms with Gasteiger partial charge in [-0.15, -0.1) is 11.6 Å². The van der Waals surface area contributed by atoms with Crippen LogP contribution in [-0.4, -0.2) is 67.9 Å². The third-order valence-corrected chi connectivity index (χ3v) is 4.29. The van der Waals surface area contributed by atoms with Crippen LogP contribution in [0.4, 0.5) is 0 Å². The third kappa shape index (κ3) is 4.54. The fourth-order valence-corrected chi connectivity index (χ4v) is 2.88. The van der Waals surface area contributed by atoms with Gasteiger partial charge in [0, 0.05) is 38.5 Å². The van der Waals surface area contributed by atoms with Gasteiger partial charge in [-0.2, -0.15) is 0 Å². The summed E-state index contributed by atoms with van der Waals surface area (Å²) < 4.78 is 10.5. The molecule has 132 valence electrons. The van der Waals surface area contributed by atoms with Crippen molar-refractivity contribution in [2.24, 2.45) is 0 Å². The molecule has 24 heavy (non-hydrogen) atoms. The Balaban J connectivity index is 1.91. The van der Waals surface area contributed by atoms with Crippen LogP contribution in [-0.2, 0) is 16.0 Å². The van der Waals surface area contributed by atoms with E-state index in [0.717, 1.165) is 5.56 Å². The van der Waals surface area contributed by atoms with Crippen molar-refractivity contribution in [1.82, 2.24) is 9.80 Å². The highest BCUT2D eigenvalue weighted by Crippen LogP contribution is 2.27. The molecule has 0 unspecified atom stereocenters. The number of methoxy groups -OCH3 is 2. The fourth-order valence-electron chi connectivity index (χ4n) is 2.72. The molecule has 0 N–H and O–H groups in total. The molecule has 0 atom stereocenters. The maximum absolute atomic E-state index is 12.5. The van der Waals surface area contributed by atoms with Gasteiger partial charge in [0.05, 0.1) is 20.6 Å². The molecule has 0 aromatic heterocycles. The van der Waals surface area contributed by atoms with Crippen molar-refractivity contribution >= 4 is 23.4 Å². The van der Waals surface area contributed by atoms with Crippen LogP contribution in [0.1, 0.15) is 12.0 Å².